The molecule has 1 fully saturated rings. The third-order valence-corrected chi connectivity index (χ3v) is 5.01. The van der Waals surface area contributed by atoms with Crippen molar-refractivity contribution in [3.63, 3.8) is 0 Å². The minimum Gasteiger partial charge on any atom is -0.494 e. The molecule has 0 atom stereocenters. The average Bonchev–Trinajstić information content (AvgIpc) is 2.70. The van der Waals surface area contributed by atoms with E-state index in [-0.39, 0.29) is 5.91 Å². The zero-order valence-electron chi connectivity index (χ0n) is 16.8. The molecule has 0 radical (unpaired) electrons. The molecule has 0 aromatic heterocycles. The number of anilines is 3. The molecular formula is C22H30N4O2. The van der Waals surface area contributed by atoms with Crippen LogP contribution < -0.4 is 20.7 Å². The van der Waals surface area contributed by atoms with E-state index in [0.29, 0.717) is 23.5 Å². The Kier molecular flexibility index (Phi) is 6.76. The van der Waals surface area contributed by atoms with Gasteiger partial charge >= 0.3 is 0 Å². The Morgan fingerprint density at radius 1 is 1.11 bits per heavy atom. The van der Waals surface area contributed by atoms with Crippen molar-refractivity contribution in [2.24, 2.45) is 0 Å². The van der Waals surface area contributed by atoms with E-state index in [1.54, 1.807) is 12.1 Å². The molecule has 1 heterocycles. The van der Waals surface area contributed by atoms with Crippen LogP contribution in [0.25, 0.3) is 0 Å². The van der Waals surface area contributed by atoms with Crippen LogP contribution in [0.3, 0.4) is 0 Å². The smallest absolute Gasteiger partial charge is 0.255 e. The summed E-state index contributed by atoms with van der Waals surface area (Å²) in [4.78, 5) is 17.1. The van der Waals surface area contributed by atoms with E-state index in [4.69, 9.17) is 10.5 Å². The third kappa shape index (κ3) is 5.16. The second-order valence-corrected chi connectivity index (χ2v) is 7.24. The highest BCUT2D eigenvalue weighted by Gasteiger charge is 2.16. The second-order valence-electron chi connectivity index (χ2n) is 7.24. The van der Waals surface area contributed by atoms with Gasteiger partial charge in [-0.3, -0.25) is 4.79 Å². The number of carbonyl (C=O) groups excluding carboxylic acids is 1. The number of rotatable bonds is 7. The highest BCUT2D eigenvalue weighted by Crippen LogP contribution is 2.27. The number of nitrogens with zero attached hydrogens (tertiary/aromatic N) is 2. The van der Waals surface area contributed by atoms with Crippen molar-refractivity contribution in [3.05, 3.63) is 48.0 Å². The molecule has 2 aromatic carbocycles. The topological polar surface area (TPSA) is 70.8 Å². The SMILES string of the molecule is CCCCOc1ccc(C(=O)Nc2ccc(N3CCN(C)CC3)c(N)c2)cc1. The number of piperazine rings is 1. The van der Waals surface area contributed by atoms with Crippen LogP contribution >= 0.6 is 0 Å². The average molecular weight is 383 g/mol. The van der Waals surface area contributed by atoms with Crippen LogP contribution in [0.5, 0.6) is 5.75 Å². The van der Waals surface area contributed by atoms with Gasteiger partial charge in [0.1, 0.15) is 5.75 Å². The molecule has 3 N–H and O–H groups in total. The number of ether oxygens (including phenoxy) is 1. The Bertz CT molecular complexity index is 784. The Hall–Kier alpha value is -2.73. The van der Waals surface area contributed by atoms with Crippen LogP contribution in [0.4, 0.5) is 17.1 Å². The van der Waals surface area contributed by atoms with Crippen molar-refractivity contribution >= 4 is 23.0 Å². The fourth-order valence-corrected chi connectivity index (χ4v) is 3.21. The molecule has 1 aliphatic heterocycles. The third-order valence-electron chi connectivity index (χ3n) is 5.01. The van der Waals surface area contributed by atoms with Gasteiger partial charge in [0.05, 0.1) is 18.0 Å². The molecule has 0 unspecified atom stereocenters. The van der Waals surface area contributed by atoms with Crippen LogP contribution in [0.2, 0.25) is 0 Å². The van der Waals surface area contributed by atoms with Gasteiger partial charge in [-0.1, -0.05) is 13.3 Å². The standard InChI is InChI=1S/C22H30N4O2/c1-3-4-15-28-19-8-5-17(6-9-19)22(27)24-18-7-10-21(20(23)16-18)26-13-11-25(2)12-14-26/h5-10,16H,3-4,11-15,23H2,1-2H3,(H,24,27). The summed E-state index contributed by atoms with van der Waals surface area (Å²) in [5.41, 5.74) is 9.25. The van der Waals surface area contributed by atoms with Gasteiger partial charge in [-0.05, 0) is 55.9 Å². The first-order chi connectivity index (χ1) is 13.6. The minimum atomic E-state index is -0.160. The number of nitrogen functional groups attached to an aromatic ring is 1. The van der Waals surface area contributed by atoms with Crippen LogP contribution in [0.15, 0.2) is 42.5 Å². The lowest BCUT2D eigenvalue weighted by molar-refractivity contribution is 0.102. The van der Waals surface area contributed by atoms with E-state index in [1.807, 2.05) is 30.3 Å². The number of carbonyl (C=O) groups is 1. The highest BCUT2D eigenvalue weighted by molar-refractivity contribution is 6.04. The van der Waals surface area contributed by atoms with E-state index < -0.39 is 0 Å². The molecule has 3 rings (SSSR count). The second kappa shape index (κ2) is 9.46. The van der Waals surface area contributed by atoms with Crippen molar-refractivity contribution < 1.29 is 9.53 Å². The highest BCUT2D eigenvalue weighted by atomic mass is 16.5. The molecular weight excluding hydrogens is 352 g/mol. The minimum absolute atomic E-state index is 0.160. The van der Waals surface area contributed by atoms with Crippen LogP contribution in [-0.4, -0.2) is 50.6 Å². The van der Waals surface area contributed by atoms with Gasteiger partial charge < -0.3 is 25.6 Å². The lowest BCUT2D eigenvalue weighted by atomic mass is 10.1. The van der Waals surface area contributed by atoms with Crippen molar-refractivity contribution in [2.75, 3.05) is 55.8 Å². The Balaban J connectivity index is 1.60. The molecule has 0 aliphatic carbocycles. The number of nitrogens with two attached hydrogens (primary N) is 1. The fraction of sp³-hybridized carbons (Fsp3) is 0.409. The molecule has 150 valence electrons. The van der Waals surface area contributed by atoms with Crippen molar-refractivity contribution in [2.45, 2.75) is 19.8 Å². The molecule has 0 bridgehead atoms. The van der Waals surface area contributed by atoms with Gasteiger partial charge in [-0.2, -0.15) is 0 Å². The first-order valence-corrected chi connectivity index (χ1v) is 9.94. The number of amides is 1. The number of hydrogen-bond donors (Lipinski definition) is 2. The molecule has 1 amide bonds. The van der Waals surface area contributed by atoms with Crippen molar-refractivity contribution in [1.29, 1.82) is 0 Å². The van der Waals surface area contributed by atoms with Crippen LogP contribution in [0.1, 0.15) is 30.1 Å². The van der Waals surface area contributed by atoms with Gasteiger partial charge in [-0.15, -0.1) is 0 Å². The first-order valence-electron chi connectivity index (χ1n) is 9.94. The van der Waals surface area contributed by atoms with Crippen molar-refractivity contribution in [1.82, 2.24) is 4.90 Å². The summed E-state index contributed by atoms with van der Waals surface area (Å²) in [5.74, 6) is 0.623. The zero-order valence-corrected chi connectivity index (χ0v) is 16.8. The van der Waals surface area contributed by atoms with Crippen LogP contribution in [0, 0.1) is 0 Å². The Morgan fingerprint density at radius 3 is 2.46 bits per heavy atom. The molecule has 28 heavy (non-hydrogen) atoms. The van der Waals surface area contributed by atoms with E-state index in [2.05, 4.69) is 29.1 Å². The number of nitrogens with one attached hydrogen (secondary N) is 1. The molecule has 2 aromatic rings. The number of hydrogen-bond acceptors (Lipinski definition) is 5. The maximum Gasteiger partial charge on any atom is 0.255 e. The molecule has 1 saturated heterocycles. The molecule has 6 nitrogen and oxygen atoms in total. The van der Waals surface area contributed by atoms with E-state index in [9.17, 15) is 4.79 Å². The van der Waals surface area contributed by atoms with Gasteiger partial charge in [0.2, 0.25) is 0 Å². The van der Waals surface area contributed by atoms with Gasteiger partial charge in [0, 0.05) is 37.4 Å². The van der Waals surface area contributed by atoms with E-state index >= 15 is 0 Å². The number of benzene rings is 2. The molecule has 0 spiro atoms. The summed E-state index contributed by atoms with van der Waals surface area (Å²) in [6.45, 7) is 6.78. The number of likely N-dealkylation sites (N-methyl/N-ethyl adjacent to an activating group) is 1. The largest absolute Gasteiger partial charge is 0.494 e. The number of unbranched alkanes of at least 4 members (excludes halogenated alkanes) is 1. The summed E-state index contributed by atoms with van der Waals surface area (Å²) >= 11 is 0. The normalized spacial score (nSPS) is 14.7. The van der Waals surface area contributed by atoms with E-state index in [0.717, 1.165) is 50.5 Å². The Morgan fingerprint density at radius 2 is 1.82 bits per heavy atom. The maximum absolute atomic E-state index is 12.5. The van der Waals surface area contributed by atoms with Gasteiger partial charge in [0.25, 0.3) is 5.91 Å². The summed E-state index contributed by atoms with van der Waals surface area (Å²) < 4.78 is 5.64. The monoisotopic (exact) mass is 382 g/mol. The predicted molar refractivity (Wildman–Crippen MR) is 115 cm³/mol. The van der Waals surface area contributed by atoms with E-state index in [1.165, 1.54) is 0 Å². The molecule has 6 heteroatoms. The summed E-state index contributed by atoms with van der Waals surface area (Å²) in [6, 6.07) is 12.9. The van der Waals surface area contributed by atoms with Crippen LogP contribution in [-0.2, 0) is 0 Å². The van der Waals surface area contributed by atoms with Crippen molar-refractivity contribution in [3.8, 4) is 5.75 Å². The van der Waals surface area contributed by atoms with Gasteiger partial charge in [0.15, 0.2) is 0 Å². The summed E-state index contributed by atoms with van der Waals surface area (Å²) in [6.07, 6.45) is 2.12. The lowest BCUT2D eigenvalue weighted by Gasteiger charge is -2.34. The molecule has 1 aliphatic rings. The Labute approximate surface area is 167 Å². The maximum atomic E-state index is 12.5. The zero-order chi connectivity index (χ0) is 19.9. The first kappa shape index (κ1) is 20.0. The summed E-state index contributed by atoms with van der Waals surface area (Å²) in [7, 11) is 2.13. The predicted octanol–water partition coefficient (Wildman–Crippen LogP) is 3.45. The lowest BCUT2D eigenvalue weighted by Crippen LogP contribution is -2.44. The van der Waals surface area contributed by atoms with Gasteiger partial charge in [-0.25, -0.2) is 0 Å². The quantitative estimate of drug-likeness (QED) is 0.567. The summed E-state index contributed by atoms with van der Waals surface area (Å²) in [5, 5.41) is 2.92. The molecule has 0 saturated carbocycles. The fourth-order valence-electron chi connectivity index (χ4n) is 3.21.